The standard InChI is InChI=1S/C24H27N5O/c1-28-22-5-3-2-4-20(22)21-10-11-23(27-24(21)28)26-17-6-8-18(9-7-17)29-14-12-19(13-15-29)30-16-25/h6-11,19H,2-5,12-15H2,1H3,(H,26,27). The lowest BCUT2D eigenvalue weighted by Gasteiger charge is -2.32. The predicted molar refractivity (Wildman–Crippen MR) is 119 cm³/mol. The summed E-state index contributed by atoms with van der Waals surface area (Å²) in [4.78, 5) is 7.26. The lowest BCUT2D eigenvalue weighted by molar-refractivity contribution is 0.134. The summed E-state index contributed by atoms with van der Waals surface area (Å²) in [7, 11) is 2.14. The topological polar surface area (TPSA) is 66.1 Å². The van der Waals surface area contributed by atoms with E-state index in [-0.39, 0.29) is 6.10 Å². The number of benzene rings is 1. The van der Waals surface area contributed by atoms with E-state index in [4.69, 9.17) is 15.0 Å². The molecule has 0 radical (unpaired) electrons. The molecular weight excluding hydrogens is 374 g/mol. The number of aromatic nitrogens is 2. The molecule has 30 heavy (non-hydrogen) atoms. The Morgan fingerprint density at radius 2 is 1.83 bits per heavy atom. The van der Waals surface area contributed by atoms with Gasteiger partial charge >= 0.3 is 0 Å². The molecule has 3 aromatic rings. The Balaban J connectivity index is 1.30. The van der Waals surface area contributed by atoms with Gasteiger partial charge in [0.25, 0.3) is 6.26 Å². The fourth-order valence-electron chi connectivity index (χ4n) is 4.90. The van der Waals surface area contributed by atoms with E-state index in [1.165, 1.54) is 41.6 Å². The monoisotopic (exact) mass is 401 g/mol. The second-order valence-electron chi connectivity index (χ2n) is 8.33. The molecule has 1 aliphatic heterocycles. The van der Waals surface area contributed by atoms with Crippen LogP contribution in [-0.2, 0) is 24.6 Å². The van der Waals surface area contributed by atoms with Crippen molar-refractivity contribution in [3.05, 3.63) is 47.7 Å². The Kier molecular flexibility index (Phi) is 4.96. The molecule has 0 bridgehead atoms. The molecule has 154 valence electrons. The van der Waals surface area contributed by atoms with Crippen molar-refractivity contribution in [2.45, 2.75) is 44.6 Å². The third kappa shape index (κ3) is 3.45. The van der Waals surface area contributed by atoms with Crippen LogP contribution in [0.15, 0.2) is 36.4 Å². The van der Waals surface area contributed by atoms with Crippen molar-refractivity contribution in [1.82, 2.24) is 9.55 Å². The van der Waals surface area contributed by atoms with Gasteiger partial charge in [-0.15, -0.1) is 0 Å². The van der Waals surface area contributed by atoms with E-state index in [2.05, 4.69) is 58.2 Å². The number of anilines is 3. The maximum atomic E-state index is 8.67. The fraction of sp³-hybridized carbons (Fsp3) is 0.417. The van der Waals surface area contributed by atoms with Gasteiger partial charge in [-0.25, -0.2) is 4.98 Å². The summed E-state index contributed by atoms with van der Waals surface area (Å²) in [6.45, 7) is 1.82. The molecule has 0 atom stereocenters. The van der Waals surface area contributed by atoms with Crippen LogP contribution in [0.4, 0.5) is 17.2 Å². The average molecular weight is 402 g/mol. The molecule has 1 aliphatic carbocycles. The Morgan fingerprint density at radius 3 is 2.60 bits per heavy atom. The molecule has 1 aromatic carbocycles. The zero-order valence-corrected chi connectivity index (χ0v) is 17.4. The smallest absolute Gasteiger partial charge is 0.286 e. The van der Waals surface area contributed by atoms with Crippen LogP contribution in [0.1, 0.15) is 36.9 Å². The largest absolute Gasteiger partial charge is 0.424 e. The molecule has 0 saturated carbocycles. The Hall–Kier alpha value is -3.20. The van der Waals surface area contributed by atoms with E-state index in [9.17, 15) is 0 Å². The van der Waals surface area contributed by atoms with Gasteiger partial charge in [0.05, 0.1) is 0 Å². The van der Waals surface area contributed by atoms with Gasteiger partial charge in [-0.05, 0) is 67.6 Å². The zero-order chi connectivity index (χ0) is 20.5. The zero-order valence-electron chi connectivity index (χ0n) is 17.4. The summed E-state index contributed by atoms with van der Waals surface area (Å²) in [6.07, 6.45) is 8.54. The van der Waals surface area contributed by atoms with E-state index in [1.807, 2.05) is 6.26 Å². The average Bonchev–Trinajstić information content (AvgIpc) is 3.07. The van der Waals surface area contributed by atoms with Crippen LogP contribution in [0.2, 0.25) is 0 Å². The van der Waals surface area contributed by atoms with Gasteiger partial charge in [0.2, 0.25) is 0 Å². The number of ether oxygens (including phenoxy) is 1. The number of nitriles is 1. The lowest BCUT2D eigenvalue weighted by Crippen LogP contribution is -2.36. The van der Waals surface area contributed by atoms with E-state index in [0.717, 1.165) is 49.5 Å². The van der Waals surface area contributed by atoms with Crippen molar-refractivity contribution < 1.29 is 4.74 Å². The first-order chi connectivity index (χ1) is 14.7. The number of hydrogen-bond acceptors (Lipinski definition) is 5. The second kappa shape index (κ2) is 7.91. The molecule has 6 heteroatoms. The van der Waals surface area contributed by atoms with Gasteiger partial charge < -0.3 is 19.5 Å². The highest BCUT2D eigenvalue weighted by Crippen LogP contribution is 2.32. The number of fused-ring (bicyclic) bond motifs is 3. The summed E-state index contributed by atoms with van der Waals surface area (Å²) in [5, 5.41) is 13.4. The fourth-order valence-corrected chi connectivity index (χ4v) is 4.90. The van der Waals surface area contributed by atoms with Gasteiger partial charge in [-0.1, -0.05) is 0 Å². The van der Waals surface area contributed by atoms with Crippen molar-refractivity contribution >= 4 is 28.2 Å². The summed E-state index contributed by atoms with van der Waals surface area (Å²) in [5.74, 6) is 0.877. The minimum atomic E-state index is 0.0661. The van der Waals surface area contributed by atoms with Crippen molar-refractivity contribution in [2.75, 3.05) is 23.3 Å². The molecular formula is C24H27N5O. The van der Waals surface area contributed by atoms with Gasteiger partial charge in [-0.3, -0.25) is 0 Å². The quantitative estimate of drug-likeness (QED) is 0.644. The number of piperidine rings is 1. The number of rotatable bonds is 4. The van der Waals surface area contributed by atoms with E-state index >= 15 is 0 Å². The number of aryl methyl sites for hydroxylation is 2. The molecule has 0 unspecified atom stereocenters. The van der Waals surface area contributed by atoms with Crippen LogP contribution in [0.3, 0.4) is 0 Å². The molecule has 1 saturated heterocycles. The Morgan fingerprint density at radius 1 is 1.07 bits per heavy atom. The normalized spacial score (nSPS) is 16.9. The number of nitrogens with one attached hydrogen (secondary N) is 1. The molecule has 0 spiro atoms. The number of hydrogen-bond donors (Lipinski definition) is 1. The highest BCUT2D eigenvalue weighted by atomic mass is 16.5. The molecule has 2 aromatic heterocycles. The first kappa shape index (κ1) is 18.8. The van der Waals surface area contributed by atoms with Crippen molar-refractivity contribution in [3.8, 4) is 6.26 Å². The van der Waals surface area contributed by atoms with Crippen molar-refractivity contribution in [1.29, 1.82) is 5.26 Å². The summed E-state index contributed by atoms with van der Waals surface area (Å²) < 4.78 is 7.35. The molecule has 3 heterocycles. The maximum absolute atomic E-state index is 8.67. The summed E-state index contributed by atoms with van der Waals surface area (Å²) in [6, 6.07) is 12.8. The third-order valence-corrected chi connectivity index (χ3v) is 6.53. The molecule has 5 rings (SSSR count). The van der Waals surface area contributed by atoms with Crippen LogP contribution < -0.4 is 10.2 Å². The maximum Gasteiger partial charge on any atom is 0.286 e. The van der Waals surface area contributed by atoms with E-state index in [1.54, 1.807) is 0 Å². The first-order valence-electron chi connectivity index (χ1n) is 10.9. The third-order valence-electron chi connectivity index (χ3n) is 6.53. The minimum Gasteiger partial charge on any atom is -0.424 e. The number of pyridine rings is 1. The van der Waals surface area contributed by atoms with Crippen molar-refractivity contribution in [3.63, 3.8) is 0 Å². The van der Waals surface area contributed by atoms with Gasteiger partial charge in [0.15, 0.2) is 0 Å². The van der Waals surface area contributed by atoms with Gasteiger partial charge in [-0.2, -0.15) is 5.26 Å². The van der Waals surface area contributed by atoms with Crippen LogP contribution >= 0.6 is 0 Å². The highest BCUT2D eigenvalue weighted by molar-refractivity contribution is 5.84. The molecule has 1 N–H and O–H groups in total. The molecule has 6 nitrogen and oxygen atoms in total. The van der Waals surface area contributed by atoms with Gasteiger partial charge in [0, 0.05) is 55.4 Å². The van der Waals surface area contributed by atoms with Crippen LogP contribution in [0, 0.1) is 11.5 Å². The minimum absolute atomic E-state index is 0.0661. The van der Waals surface area contributed by atoms with Crippen LogP contribution in [0.5, 0.6) is 0 Å². The lowest BCUT2D eigenvalue weighted by atomic mass is 9.96. The second-order valence-corrected chi connectivity index (χ2v) is 8.33. The molecule has 1 fully saturated rings. The predicted octanol–water partition coefficient (Wildman–Crippen LogP) is 4.66. The van der Waals surface area contributed by atoms with Crippen LogP contribution in [0.25, 0.3) is 11.0 Å². The first-order valence-corrected chi connectivity index (χ1v) is 10.9. The van der Waals surface area contributed by atoms with Gasteiger partial charge in [0.1, 0.15) is 17.6 Å². The molecule has 0 amide bonds. The Labute approximate surface area is 177 Å². The Bertz CT molecular complexity index is 1090. The van der Waals surface area contributed by atoms with Crippen molar-refractivity contribution in [2.24, 2.45) is 7.05 Å². The SMILES string of the molecule is Cn1c2c(c3ccc(Nc4ccc(N5CCC(OC#N)CC5)cc4)nc31)CCCC2. The molecule has 2 aliphatic rings. The summed E-state index contributed by atoms with van der Waals surface area (Å²) >= 11 is 0. The van der Waals surface area contributed by atoms with E-state index < -0.39 is 0 Å². The van der Waals surface area contributed by atoms with Crippen LogP contribution in [-0.4, -0.2) is 28.7 Å². The summed E-state index contributed by atoms with van der Waals surface area (Å²) in [5.41, 5.74) is 6.26. The number of nitrogens with zero attached hydrogens (tertiary/aromatic N) is 4. The van der Waals surface area contributed by atoms with E-state index in [0.29, 0.717) is 0 Å². The highest BCUT2D eigenvalue weighted by Gasteiger charge is 2.21.